The molecule has 0 bridgehead atoms. The van der Waals surface area contributed by atoms with Crippen LogP contribution in [0.4, 0.5) is 14.7 Å². The molecule has 4 atom stereocenters. The molecule has 0 radical (unpaired) electrons. The van der Waals surface area contributed by atoms with E-state index < -0.39 is 34.5 Å². The van der Waals surface area contributed by atoms with Crippen LogP contribution in [-0.4, -0.2) is 115 Å². The molecule has 2 aromatic heterocycles. The lowest BCUT2D eigenvalue weighted by Gasteiger charge is -2.34. The lowest BCUT2D eigenvalue weighted by molar-refractivity contribution is 0.0788. The largest absolute Gasteiger partial charge is 0.348 e. The predicted molar refractivity (Wildman–Crippen MR) is 125 cm³/mol. The van der Waals surface area contributed by atoms with Gasteiger partial charge in [-0.3, -0.25) is 4.79 Å². The minimum absolute atomic E-state index is 0.152. The SMILES string of the molecule is CN1CC[C@@H](n2c(C(=O)N(C)C)cc3cnc(N[C@@H]4CCN(S(C)(=O)=O)C[C@H]4F)nc32)[C@@H](F)C1. The molecule has 2 aliphatic heterocycles. The second-order valence-corrected chi connectivity index (χ2v) is 11.4. The van der Waals surface area contributed by atoms with Gasteiger partial charge in [0.25, 0.3) is 5.91 Å². The van der Waals surface area contributed by atoms with Crippen molar-refractivity contribution in [1.29, 1.82) is 0 Å². The molecule has 0 unspecified atom stereocenters. The highest BCUT2D eigenvalue weighted by Gasteiger charge is 2.35. The molecule has 0 aromatic carbocycles. The molecular formula is C21H31F2N7O3S. The number of hydrogen-bond acceptors (Lipinski definition) is 7. The van der Waals surface area contributed by atoms with Crippen LogP contribution in [-0.2, 0) is 10.0 Å². The number of piperidine rings is 2. The highest BCUT2D eigenvalue weighted by atomic mass is 32.2. The number of likely N-dealkylation sites (tertiary alicyclic amines) is 1. The van der Waals surface area contributed by atoms with Crippen LogP contribution in [0.15, 0.2) is 12.3 Å². The lowest BCUT2D eigenvalue weighted by atomic mass is 10.0. The minimum Gasteiger partial charge on any atom is -0.348 e. The molecule has 2 aliphatic rings. The van der Waals surface area contributed by atoms with Gasteiger partial charge in [0.2, 0.25) is 16.0 Å². The number of nitrogens with one attached hydrogen (secondary N) is 1. The summed E-state index contributed by atoms with van der Waals surface area (Å²) in [5.74, 6) is -0.116. The van der Waals surface area contributed by atoms with E-state index in [1.165, 1.54) is 11.1 Å². The number of nitrogens with zero attached hydrogens (tertiary/aromatic N) is 6. The monoisotopic (exact) mass is 499 g/mol. The fourth-order valence-corrected chi connectivity index (χ4v) is 5.50. The highest BCUT2D eigenvalue weighted by molar-refractivity contribution is 7.88. The first-order valence-electron chi connectivity index (χ1n) is 11.2. The van der Waals surface area contributed by atoms with Gasteiger partial charge in [0, 0.05) is 51.9 Å². The molecule has 4 rings (SSSR count). The zero-order valence-electron chi connectivity index (χ0n) is 19.8. The topological polar surface area (TPSA) is 104 Å². The molecule has 2 fully saturated rings. The maximum Gasteiger partial charge on any atom is 0.270 e. The Morgan fingerprint density at radius 1 is 1.18 bits per heavy atom. The van der Waals surface area contributed by atoms with Crippen LogP contribution in [0.5, 0.6) is 0 Å². The molecule has 13 heteroatoms. The van der Waals surface area contributed by atoms with E-state index in [0.717, 1.165) is 10.6 Å². The summed E-state index contributed by atoms with van der Waals surface area (Å²) in [5, 5.41) is 3.56. The van der Waals surface area contributed by atoms with Crippen molar-refractivity contribution >= 4 is 32.9 Å². The Morgan fingerprint density at radius 3 is 2.53 bits per heavy atom. The van der Waals surface area contributed by atoms with Crippen LogP contribution >= 0.6 is 0 Å². The molecule has 4 heterocycles. The molecule has 1 N–H and O–H groups in total. The number of fused-ring (bicyclic) bond motifs is 1. The molecule has 0 saturated carbocycles. The summed E-state index contributed by atoms with van der Waals surface area (Å²) in [5.41, 5.74) is 0.734. The first kappa shape index (κ1) is 24.7. The maximum atomic E-state index is 15.1. The Kier molecular flexibility index (Phi) is 6.80. The van der Waals surface area contributed by atoms with Crippen molar-refractivity contribution in [1.82, 2.24) is 28.6 Å². The van der Waals surface area contributed by atoms with E-state index in [-0.39, 0.29) is 37.9 Å². The third kappa shape index (κ3) is 4.86. The van der Waals surface area contributed by atoms with Gasteiger partial charge >= 0.3 is 0 Å². The Morgan fingerprint density at radius 2 is 1.91 bits per heavy atom. The average Bonchev–Trinajstić information content (AvgIpc) is 3.12. The van der Waals surface area contributed by atoms with Crippen molar-refractivity contribution in [3.05, 3.63) is 18.0 Å². The average molecular weight is 500 g/mol. The first-order valence-corrected chi connectivity index (χ1v) is 13.1. The van der Waals surface area contributed by atoms with Crippen LogP contribution in [0.2, 0.25) is 0 Å². The predicted octanol–water partition coefficient (Wildman–Crippen LogP) is 1.13. The summed E-state index contributed by atoms with van der Waals surface area (Å²) >= 11 is 0. The Hall–Kier alpha value is -2.38. The van der Waals surface area contributed by atoms with E-state index in [4.69, 9.17) is 0 Å². The van der Waals surface area contributed by atoms with E-state index in [9.17, 15) is 17.6 Å². The molecule has 0 aliphatic carbocycles. The van der Waals surface area contributed by atoms with Gasteiger partial charge < -0.3 is 19.7 Å². The summed E-state index contributed by atoms with van der Waals surface area (Å²) in [7, 11) is 1.66. The molecule has 188 valence electrons. The molecule has 0 spiro atoms. The molecule has 10 nitrogen and oxygen atoms in total. The second-order valence-electron chi connectivity index (χ2n) is 9.38. The number of amides is 1. The van der Waals surface area contributed by atoms with E-state index in [2.05, 4.69) is 15.3 Å². The van der Waals surface area contributed by atoms with E-state index >= 15 is 4.39 Å². The van der Waals surface area contributed by atoms with Gasteiger partial charge in [-0.15, -0.1) is 0 Å². The van der Waals surface area contributed by atoms with Gasteiger partial charge in [0.05, 0.1) is 18.3 Å². The van der Waals surface area contributed by atoms with Crippen molar-refractivity contribution < 1.29 is 22.0 Å². The number of alkyl halides is 2. The number of hydrogen-bond donors (Lipinski definition) is 1. The van der Waals surface area contributed by atoms with E-state index in [0.29, 0.717) is 29.7 Å². The van der Waals surface area contributed by atoms with Crippen LogP contribution < -0.4 is 5.32 Å². The third-order valence-electron chi connectivity index (χ3n) is 6.53. The van der Waals surface area contributed by atoms with Gasteiger partial charge in [0.1, 0.15) is 23.7 Å². The fraction of sp³-hybridized carbons (Fsp3) is 0.667. The second kappa shape index (κ2) is 9.34. The van der Waals surface area contributed by atoms with Crippen molar-refractivity contribution in [2.75, 3.05) is 58.9 Å². The van der Waals surface area contributed by atoms with Crippen LogP contribution in [0.3, 0.4) is 0 Å². The Bertz CT molecular complexity index is 1170. The fourth-order valence-electron chi connectivity index (χ4n) is 4.65. The first-order chi connectivity index (χ1) is 16.0. The summed E-state index contributed by atoms with van der Waals surface area (Å²) in [4.78, 5) is 25.1. The number of carbonyl (C=O) groups excluding carboxylic acids is 1. The third-order valence-corrected chi connectivity index (χ3v) is 7.80. The van der Waals surface area contributed by atoms with E-state index in [1.807, 2.05) is 11.9 Å². The number of sulfonamides is 1. The van der Waals surface area contributed by atoms with Crippen molar-refractivity contribution in [2.24, 2.45) is 0 Å². The van der Waals surface area contributed by atoms with Crippen molar-refractivity contribution in [3.63, 3.8) is 0 Å². The number of carbonyl (C=O) groups is 1. The normalized spacial score (nSPS) is 27.1. The Balaban J connectivity index is 1.67. The standard InChI is InChI=1S/C21H31F2N7O3S/c1-27(2)20(31)18-9-13-10-24-21(25-16-5-8-29(12-14(16)22)34(4,32)33)26-19(13)30(18)17-6-7-28(3)11-15(17)23/h9-10,14-17H,5-8,11-12H2,1-4H3,(H,24,25,26)/t14-,15+,16-,17-/m1/s1. The number of anilines is 1. The van der Waals surface area contributed by atoms with Crippen LogP contribution in [0.1, 0.15) is 29.4 Å². The summed E-state index contributed by atoms with van der Waals surface area (Å²) in [6.45, 7) is 0.878. The number of aromatic nitrogens is 3. The Labute approximate surface area is 198 Å². The summed E-state index contributed by atoms with van der Waals surface area (Å²) in [6.07, 6.45) is 0.733. The van der Waals surface area contributed by atoms with Gasteiger partial charge in [-0.25, -0.2) is 22.2 Å². The summed E-state index contributed by atoms with van der Waals surface area (Å²) < 4.78 is 56.1. The summed E-state index contributed by atoms with van der Waals surface area (Å²) in [6, 6.07) is 0.427. The molecular weight excluding hydrogens is 468 g/mol. The van der Waals surface area contributed by atoms with Gasteiger partial charge in [0.15, 0.2) is 0 Å². The molecule has 1 amide bonds. The van der Waals surface area contributed by atoms with Crippen LogP contribution in [0.25, 0.3) is 11.0 Å². The quantitative estimate of drug-likeness (QED) is 0.658. The van der Waals surface area contributed by atoms with Crippen molar-refractivity contribution in [3.8, 4) is 0 Å². The van der Waals surface area contributed by atoms with Crippen LogP contribution in [0, 0.1) is 0 Å². The van der Waals surface area contributed by atoms with Gasteiger partial charge in [-0.2, -0.15) is 9.29 Å². The number of rotatable bonds is 5. The van der Waals surface area contributed by atoms with E-state index in [1.54, 1.807) is 24.7 Å². The number of halogens is 2. The highest BCUT2D eigenvalue weighted by Crippen LogP contribution is 2.32. The molecule has 34 heavy (non-hydrogen) atoms. The van der Waals surface area contributed by atoms with Crippen molar-refractivity contribution in [2.45, 2.75) is 37.3 Å². The van der Waals surface area contributed by atoms with Gasteiger partial charge in [-0.1, -0.05) is 0 Å². The zero-order valence-corrected chi connectivity index (χ0v) is 20.6. The lowest BCUT2D eigenvalue weighted by Crippen LogP contribution is -2.49. The molecule has 2 saturated heterocycles. The smallest absolute Gasteiger partial charge is 0.270 e. The minimum atomic E-state index is -3.47. The van der Waals surface area contributed by atoms with Gasteiger partial charge in [-0.05, 0) is 26.0 Å². The molecule has 2 aromatic rings. The zero-order chi connectivity index (χ0) is 24.8. The maximum absolute atomic E-state index is 15.1.